The summed E-state index contributed by atoms with van der Waals surface area (Å²) in [6.07, 6.45) is 10.2. The number of carbonyl (C=O) groups excluding carboxylic acids is 4. The van der Waals surface area contributed by atoms with Gasteiger partial charge >= 0.3 is 17.9 Å². The summed E-state index contributed by atoms with van der Waals surface area (Å²) in [7, 11) is 9.63. The predicted octanol–water partition coefficient (Wildman–Crippen LogP) is 16.7. The number of fused-ring (bicyclic) bond motifs is 10. The van der Waals surface area contributed by atoms with Crippen LogP contribution < -0.4 is 94.6 Å². The number of aromatic amines is 10. The third-order valence-corrected chi connectivity index (χ3v) is 25.6. The van der Waals surface area contributed by atoms with E-state index < -0.39 is 29.7 Å². The number of nitrogens with one attached hydrogen (secondary N) is 12. The fourth-order valence-corrected chi connectivity index (χ4v) is 17.0. The van der Waals surface area contributed by atoms with Crippen molar-refractivity contribution in [3.05, 3.63) is 284 Å². The van der Waals surface area contributed by atoms with Gasteiger partial charge in [-0.05, 0) is 282 Å². The highest BCUT2D eigenvalue weighted by Crippen LogP contribution is 2.38. The van der Waals surface area contributed by atoms with Gasteiger partial charge in [-0.2, -0.15) is 0 Å². The smallest absolute Gasteiger partial charge is 0.339 e. The third-order valence-electron chi connectivity index (χ3n) is 25.6. The lowest BCUT2D eigenvalue weighted by Crippen LogP contribution is -2.29. The van der Waals surface area contributed by atoms with Crippen LogP contribution in [0.15, 0.2) is 189 Å². The van der Waals surface area contributed by atoms with Gasteiger partial charge in [-0.25, -0.2) is 14.4 Å². The molecule has 782 valence electrons. The van der Waals surface area contributed by atoms with Crippen molar-refractivity contribution in [2.45, 2.75) is 82.6 Å². The molecule has 0 saturated carbocycles. The van der Waals surface area contributed by atoms with Gasteiger partial charge in [-0.15, -0.1) is 0 Å². The van der Waals surface area contributed by atoms with Gasteiger partial charge in [-0.1, -0.05) is 25.1 Å². The fraction of sp³-hybridized carbons (Fsp3) is 0.225. The maximum atomic E-state index is 11.6. The van der Waals surface area contributed by atoms with E-state index in [1.54, 1.807) is 73.1 Å². The number of aryl methyl sites for hydroxylation is 11. The van der Waals surface area contributed by atoms with Crippen LogP contribution in [0.3, 0.4) is 0 Å². The van der Waals surface area contributed by atoms with Crippen LogP contribution in [0.5, 0.6) is 11.5 Å². The van der Waals surface area contributed by atoms with E-state index in [0.29, 0.717) is 86.3 Å². The van der Waals surface area contributed by atoms with E-state index in [9.17, 15) is 28.8 Å². The Morgan fingerprint density at radius 1 is 0.315 bits per heavy atom. The van der Waals surface area contributed by atoms with Crippen LogP contribution in [-0.2, 0) is 11.2 Å². The van der Waals surface area contributed by atoms with Crippen LogP contribution in [0.25, 0.3) is 109 Å². The number of methoxy groups -OCH3 is 1. The predicted molar refractivity (Wildman–Crippen MR) is 609 cm³/mol. The molecule has 0 radical (unpaired) electrons. The number of carbonyl (C=O) groups is 6. The molecule has 10 aromatic carbocycles. The number of nitrogen functional groups attached to an aromatic ring is 10. The number of likely N-dealkylation sites (N-methyl/N-ethyl adjacent to an activating group) is 2. The Kier molecular flexibility index (Phi) is 37.3. The van der Waals surface area contributed by atoms with Gasteiger partial charge in [0.15, 0.2) is 0 Å². The maximum Gasteiger partial charge on any atom is 0.339 e. The van der Waals surface area contributed by atoms with Gasteiger partial charge in [-0.3, -0.25) is 14.4 Å². The van der Waals surface area contributed by atoms with Crippen molar-refractivity contribution < 1.29 is 53.2 Å². The largest absolute Gasteiger partial charge is 0.490 e. The number of esters is 1. The number of hydrogen-bond acceptors (Lipinski definition) is 23. The number of nitrogens with two attached hydrogens (primary N) is 13. The molecule has 0 saturated heterocycles. The molecule has 20 aromatic rings. The van der Waals surface area contributed by atoms with Crippen molar-refractivity contribution in [2.24, 2.45) is 17.2 Å². The number of hydrogen-bond donors (Lipinski definition) is 27. The minimum absolute atomic E-state index is 0.245. The number of benzene rings is 10. The van der Waals surface area contributed by atoms with Crippen LogP contribution >= 0.6 is 0 Å². The molecule has 0 bridgehead atoms. The molecule has 0 atom stereocenters. The van der Waals surface area contributed by atoms with Crippen LogP contribution in [0, 0.1) is 69.2 Å². The zero-order valence-electron chi connectivity index (χ0n) is 86.7. The van der Waals surface area contributed by atoms with E-state index in [0.717, 1.165) is 212 Å². The monoisotopic (exact) mass is 2020 g/mol. The first kappa shape index (κ1) is 111. The molecule has 3 amide bonds. The lowest BCUT2D eigenvalue weighted by molar-refractivity contribution is 0.0600. The summed E-state index contributed by atoms with van der Waals surface area (Å²) in [6, 6.07) is 46.9. The van der Waals surface area contributed by atoms with Crippen molar-refractivity contribution in [2.75, 3.05) is 145 Å². The molecule has 20 rings (SSSR count). The number of carboxylic acids is 2. The Morgan fingerprint density at radius 2 is 0.617 bits per heavy atom. The summed E-state index contributed by atoms with van der Waals surface area (Å²) >= 11 is 0. The van der Waals surface area contributed by atoms with E-state index in [1.165, 1.54) is 41.4 Å². The lowest BCUT2D eigenvalue weighted by atomic mass is 10.1. The fourth-order valence-electron chi connectivity index (χ4n) is 17.0. The van der Waals surface area contributed by atoms with Gasteiger partial charge in [0, 0.05) is 204 Å². The Balaban J connectivity index is 0.000000158. The average Bonchev–Trinajstić information content (AvgIpc) is 1.63. The van der Waals surface area contributed by atoms with E-state index >= 15 is 0 Å². The summed E-state index contributed by atoms with van der Waals surface area (Å²) in [4.78, 5) is 102. The second-order valence-electron chi connectivity index (χ2n) is 36.2. The summed E-state index contributed by atoms with van der Waals surface area (Å²) < 4.78 is 16.4. The number of anilines is 10. The van der Waals surface area contributed by atoms with Gasteiger partial charge in [0.05, 0.1) is 90.1 Å². The summed E-state index contributed by atoms with van der Waals surface area (Å²) in [5.41, 5.74) is 104. The lowest BCUT2D eigenvalue weighted by Gasteiger charge is -2.12. The molecular weight excluding hydrogens is 1890 g/mol. The van der Waals surface area contributed by atoms with Crippen molar-refractivity contribution in [3.63, 3.8) is 0 Å². The molecule has 0 fully saturated rings. The number of primary amides is 3. The van der Waals surface area contributed by atoms with E-state index in [2.05, 4.69) is 132 Å². The second-order valence-corrected chi connectivity index (χ2v) is 36.2. The van der Waals surface area contributed by atoms with Gasteiger partial charge in [0.25, 0.3) is 17.7 Å². The van der Waals surface area contributed by atoms with Crippen molar-refractivity contribution in [1.29, 1.82) is 0 Å². The van der Waals surface area contributed by atoms with E-state index in [1.807, 2.05) is 146 Å². The van der Waals surface area contributed by atoms with Crippen molar-refractivity contribution in [1.82, 2.24) is 70.3 Å². The Labute approximate surface area is 860 Å². The number of rotatable bonds is 21. The number of nitrogens with zero attached hydrogens (tertiary/aromatic N) is 2. The molecule has 40 N–H and O–H groups in total. The first-order valence-electron chi connectivity index (χ1n) is 47.9. The summed E-state index contributed by atoms with van der Waals surface area (Å²) in [5.74, 6) is -1.90. The summed E-state index contributed by atoms with van der Waals surface area (Å²) in [6.45, 7) is 28.9. The molecule has 0 spiro atoms. The Hall–Kier alpha value is -18.1. The number of amides is 3. The highest BCUT2D eigenvalue weighted by atomic mass is 16.5. The average molecular weight is 2030 g/mol. The second kappa shape index (κ2) is 49.9. The van der Waals surface area contributed by atoms with Crippen LogP contribution in [-0.4, -0.2) is 193 Å². The standard InChI is InChI=1S/C16H26N4O.C14H22N4O.C12H14N2O2.C11H13N3O.C11H12N2O2.C10H11N3O.C10H12N2.C9H9N3O.C9H8N2O2.C9H10N2/c1-11-12(2)19-16-14(6-5-13(17)15(11)16)21-10-8-18-7-9-20(3)4;1-18(2)9-7-16-8-10-19-13-4-3-12(15)11-5-6-17-14(11)13;1-6-7(2)14-11-8(12(15)16-3)4-5-9(13)10(6)11;1-5-6(2)14-10-7(11(13)15)3-4-8(12)9(5)10;1-5-6(2)13-10-7(11(14)15)3-4-8(12)9(5)10;1-5-2-3-7(11)6-4-8(10(12)14)13-9(5)6;1-2-7-3-4-9(11)8-5-6-12-10(7)8;10-7-2-1-6(9(11)13)8-5(7)3-4-12-8;10-7-2-1-6(9(12)13)8-5(7)3-4-11-8;1-6-2-3-8(10)7-4-5-11-9(6)7/h5-6,18-19H,7-10,17H2,1-4H3;3-6,16-17H,7-10,15H2,1-2H3;4-5,14H,13H2,1-3H3;3-4,14H,12H2,1-2H3,(H2,13,15);3-4,13H,12H2,1-2H3,(H,14,15);2-4,13H,11H2,1H3,(H2,12,14);3-6,12H,2,11H2,1H3;1-4,12H,10H2,(H2,11,13);1-4,11H,10H2,(H,12,13);2-5,11H,10H2,1H3. The summed E-state index contributed by atoms with van der Waals surface area (Å²) in [5, 5.41) is 33.9. The molecule has 10 aromatic heterocycles. The molecule has 10 heterocycles. The van der Waals surface area contributed by atoms with Crippen molar-refractivity contribution >= 4 is 202 Å². The highest BCUT2D eigenvalue weighted by molar-refractivity contribution is 6.13. The van der Waals surface area contributed by atoms with Crippen LogP contribution in [0.4, 0.5) is 56.9 Å². The maximum absolute atomic E-state index is 11.6. The number of ether oxygens (including phenoxy) is 3. The SMILES string of the molecule is CCc1ccc(N)c2cc[nH]c12.CN(C)CCNCCOc1ccc(N)c2cc[nH]c12.COC(=O)c1ccc(N)c2c(C)c(C)[nH]c12.Cc1[nH]c2c(C(=O)O)ccc(N)c2c1C.Cc1[nH]c2c(C(N)=O)ccc(N)c2c1C.Cc1[nH]c2c(OCCNCCN(C)C)ccc(N)c2c1C.Cc1ccc(N)c2cc(C(N)=O)[nH]c12.Cc1ccc(N)c2cc[nH]c12.NC(=O)c1ccc(N)c2cc[nH]c12.Nc1ccc(C(=O)O)c2[nH]ccc12. The zero-order chi connectivity index (χ0) is 109. The van der Waals surface area contributed by atoms with E-state index in [-0.39, 0.29) is 17.1 Å². The first-order valence-corrected chi connectivity index (χ1v) is 47.9. The van der Waals surface area contributed by atoms with E-state index in [4.69, 9.17) is 99.0 Å². The Bertz CT molecular complexity index is 7930. The van der Waals surface area contributed by atoms with Gasteiger partial charge < -0.3 is 169 Å². The first-order chi connectivity index (χ1) is 70.9. The van der Waals surface area contributed by atoms with Gasteiger partial charge in [0.1, 0.15) is 30.4 Å². The quantitative estimate of drug-likeness (QED) is 0.0180. The van der Waals surface area contributed by atoms with Crippen LogP contribution in [0.2, 0.25) is 0 Å². The Morgan fingerprint density at radius 3 is 1.02 bits per heavy atom. The molecule has 38 heteroatoms. The normalized spacial score (nSPS) is 10.9. The molecule has 0 aliphatic heterocycles. The topological polar surface area (TPSA) is 697 Å². The zero-order valence-corrected chi connectivity index (χ0v) is 86.7. The molecule has 0 unspecified atom stereocenters. The molecule has 0 aliphatic carbocycles. The van der Waals surface area contributed by atoms with Crippen LogP contribution in [0.1, 0.15) is 131 Å². The molecule has 0 aliphatic rings. The van der Waals surface area contributed by atoms with Crippen molar-refractivity contribution in [3.8, 4) is 11.5 Å². The highest BCUT2D eigenvalue weighted by Gasteiger charge is 2.22. The minimum Gasteiger partial charge on any atom is -0.490 e. The number of H-pyrrole nitrogens is 10. The molecule has 38 nitrogen and oxygen atoms in total. The number of carboxylic acid groups (broad SMARTS) is 2. The molecule has 149 heavy (non-hydrogen) atoms. The van der Waals surface area contributed by atoms with Gasteiger partial charge in [0.2, 0.25) is 0 Å². The number of aromatic nitrogens is 10. The number of aromatic carboxylic acids is 2. The third kappa shape index (κ3) is 26.3. The molecular formula is C111H137N27O11. The minimum atomic E-state index is -0.951.